The maximum absolute atomic E-state index is 12.2. The van der Waals surface area contributed by atoms with Crippen LogP contribution in [0.15, 0.2) is 0 Å². The highest BCUT2D eigenvalue weighted by molar-refractivity contribution is 9.09. The summed E-state index contributed by atoms with van der Waals surface area (Å²) in [5.41, 5.74) is 0. The molecule has 0 aromatic rings. The molecule has 0 saturated carbocycles. The number of hydrogen-bond acceptors (Lipinski definition) is 2. The molecular formula is C13H26BrNO2. The van der Waals surface area contributed by atoms with Gasteiger partial charge < -0.3 is 9.64 Å². The number of ether oxygens (including phenoxy) is 1. The molecule has 0 N–H and O–H groups in total. The molecule has 0 aliphatic rings. The number of unbranched alkanes of at least 4 members (excludes halogenated alkanes) is 1. The van der Waals surface area contributed by atoms with E-state index >= 15 is 0 Å². The maximum atomic E-state index is 12.2. The van der Waals surface area contributed by atoms with Crippen LogP contribution in [-0.4, -0.2) is 42.9 Å². The molecule has 4 heteroatoms. The monoisotopic (exact) mass is 307 g/mol. The highest BCUT2D eigenvalue weighted by Crippen LogP contribution is 2.16. The Balaban J connectivity index is 4.15. The van der Waals surface area contributed by atoms with Gasteiger partial charge in [-0.15, -0.1) is 0 Å². The summed E-state index contributed by atoms with van der Waals surface area (Å²) in [5.74, 6) is 0.448. The van der Waals surface area contributed by atoms with Gasteiger partial charge in [0, 0.05) is 26.6 Å². The molecular weight excluding hydrogens is 282 g/mol. The van der Waals surface area contributed by atoms with Crippen LogP contribution in [0.25, 0.3) is 0 Å². The number of rotatable bonds is 9. The average molecular weight is 308 g/mol. The number of nitrogens with zero attached hydrogens (tertiary/aromatic N) is 1. The van der Waals surface area contributed by atoms with Crippen molar-refractivity contribution in [2.24, 2.45) is 5.92 Å². The molecule has 2 atom stereocenters. The summed E-state index contributed by atoms with van der Waals surface area (Å²) < 4.78 is 5.05. The first-order valence-electron chi connectivity index (χ1n) is 6.44. The quantitative estimate of drug-likeness (QED) is 0.613. The summed E-state index contributed by atoms with van der Waals surface area (Å²) in [7, 11) is 3.55. The molecule has 0 bridgehead atoms. The molecule has 0 radical (unpaired) electrons. The van der Waals surface area contributed by atoms with Crippen molar-refractivity contribution in [3.05, 3.63) is 0 Å². The van der Waals surface area contributed by atoms with E-state index in [0.29, 0.717) is 13.2 Å². The third-order valence-electron chi connectivity index (χ3n) is 2.94. The molecule has 0 aromatic heterocycles. The minimum absolute atomic E-state index is 0.183. The van der Waals surface area contributed by atoms with Crippen LogP contribution in [0.5, 0.6) is 0 Å². The Kier molecular flexibility index (Phi) is 9.84. The molecule has 0 fully saturated rings. The van der Waals surface area contributed by atoms with Crippen LogP contribution in [0.4, 0.5) is 0 Å². The topological polar surface area (TPSA) is 29.5 Å². The van der Waals surface area contributed by atoms with Crippen LogP contribution < -0.4 is 0 Å². The standard InChI is InChI=1S/C13H26BrNO2/c1-5-7-8-11(6-2)13(16)15(3)9-12(14)10-17-4/h11-12H,5-10H2,1-4H3. The Labute approximate surface area is 114 Å². The molecule has 0 aromatic carbocycles. The number of halogens is 1. The van der Waals surface area contributed by atoms with E-state index in [-0.39, 0.29) is 16.7 Å². The largest absolute Gasteiger partial charge is 0.383 e. The fraction of sp³-hybridized carbons (Fsp3) is 0.923. The fourth-order valence-corrected chi connectivity index (χ4v) is 2.58. The molecule has 0 heterocycles. The van der Waals surface area contributed by atoms with Gasteiger partial charge in [0.25, 0.3) is 0 Å². The van der Waals surface area contributed by atoms with Crippen molar-refractivity contribution in [1.29, 1.82) is 0 Å². The van der Waals surface area contributed by atoms with Gasteiger partial charge in [-0.2, -0.15) is 0 Å². The number of amides is 1. The van der Waals surface area contributed by atoms with Gasteiger partial charge in [0.2, 0.25) is 5.91 Å². The van der Waals surface area contributed by atoms with Crippen molar-refractivity contribution in [3.8, 4) is 0 Å². The van der Waals surface area contributed by atoms with Crippen molar-refractivity contribution in [2.75, 3.05) is 27.3 Å². The van der Waals surface area contributed by atoms with E-state index in [1.165, 1.54) is 0 Å². The summed E-state index contributed by atoms with van der Waals surface area (Å²) in [5, 5.41) is 0. The number of carbonyl (C=O) groups excluding carboxylic acids is 1. The summed E-state index contributed by atoms with van der Waals surface area (Å²) in [6, 6.07) is 0. The molecule has 2 unspecified atom stereocenters. The SMILES string of the molecule is CCCCC(CC)C(=O)N(C)CC(Br)COC. The third-order valence-corrected chi connectivity index (χ3v) is 3.50. The molecule has 3 nitrogen and oxygen atoms in total. The van der Waals surface area contributed by atoms with Crippen LogP contribution in [0.2, 0.25) is 0 Å². The number of carbonyl (C=O) groups is 1. The van der Waals surface area contributed by atoms with E-state index in [2.05, 4.69) is 29.8 Å². The zero-order chi connectivity index (χ0) is 13.3. The van der Waals surface area contributed by atoms with Crippen molar-refractivity contribution in [2.45, 2.75) is 44.4 Å². The highest BCUT2D eigenvalue weighted by atomic mass is 79.9. The second kappa shape index (κ2) is 9.89. The Hall–Kier alpha value is -0.0900. The van der Waals surface area contributed by atoms with Gasteiger partial charge in [0.05, 0.1) is 11.4 Å². The minimum Gasteiger partial charge on any atom is -0.383 e. The predicted octanol–water partition coefficient (Wildman–Crippen LogP) is 3.07. The van der Waals surface area contributed by atoms with Crippen molar-refractivity contribution < 1.29 is 9.53 Å². The van der Waals surface area contributed by atoms with E-state index in [0.717, 1.165) is 25.7 Å². The lowest BCUT2D eigenvalue weighted by Crippen LogP contribution is -2.37. The maximum Gasteiger partial charge on any atom is 0.225 e. The number of hydrogen-bond donors (Lipinski definition) is 0. The summed E-state index contributed by atoms with van der Waals surface area (Å²) in [6.07, 6.45) is 4.22. The molecule has 102 valence electrons. The van der Waals surface area contributed by atoms with E-state index in [9.17, 15) is 4.79 Å². The Bertz CT molecular complexity index is 212. The second-order valence-electron chi connectivity index (χ2n) is 4.52. The van der Waals surface area contributed by atoms with Crippen LogP contribution >= 0.6 is 15.9 Å². The molecule has 0 aliphatic carbocycles. The fourth-order valence-electron chi connectivity index (χ4n) is 1.89. The molecule has 17 heavy (non-hydrogen) atoms. The van der Waals surface area contributed by atoms with Gasteiger partial charge in [0.1, 0.15) is 0 Å². The molecule has 0 spiro atoms. The van der Waals surface area contributed by atoms with Crippen molar-refractivity contribution >= 4 is 21.8 Å². The Morgan fingerprint density at radius 1 is 1.41 bits per heavy atom. The minimum atomic E-state index is 0.183. The van der Waals surface area contributed by atoms with Crippen LogP contribution in [0, 0.1) is 5.92 Å². The molecule has 1 amide bonds. The van der Waals surface area contributed by atoms with Gasteiger partial charge >= 0.3 is 0 Å². The van der Waals surface area contributed by atoms with Crippen molar-refractivity contribution in [3.63, 3.8) is 0 Å². The second-order valence-corrected chi connectivity index (χ2v) is 5.81. The van der Waals surface area contributed by atoms with Crippen LogP contribution in [-0.2, 0) is 9.53 Å². The Morgan fingerprint density at radius 3 is 2.53 bits per heavy atom. The smallest absolute Gasteiger partial charge is 0.225 e. The average Bonchev–Trinajstić information content (AvgIpc) is 2.29. The summed E-state index contributed by atoms with van der Waals surface area (Å²) in [4.78, 5) is 14.2. The van der Waals surface area contributed by atoms with Gasteiger partial charge in [0.15, 0.2) is 0 Å². The molecule has 0 saturated heterocycles. The van der Waals surface area contributed by atoms with E-state index in [1.807, 2.05) is 11.9 Å². The van der Waals surface area contributed by atoms with E-state index in [1.54, 1.807) is 7.11 Å². The van der Waals surface area contributed by atoms with Crippen LogP contribution in [0.3, 0.4) is 0 Å². The van der Waals surface area contributed by atoms with Gasteiger partial charge in [-0.25, -0.2) is 0 Å². The van der Waals surface area contributed by atoms with Gasteiger partial charge in [-0.1, -0.05) is 42.6 Å². The number of methoxy groups -OCH3 is 1. The van der Waals surface area contributed by atoms with Crippen LogP contribution in [0.1, 0.15) is 39.5 Å². The predicted molar refractivity (Wildman–Crippen MR) is 75.5 cm³/mol. The summed E-state index contributed by atoms with van der Waals surface area (Å²) >= 11 is 3.51. The third kappa shape index (κ3) is 7.04. The zero-order valence-corrected chi connectivity index (χ0v) is 13.1. The van der Waals surface area contributed by atoms with E-state index < -0.39 is 0 Å². The lowest BCUT2D eigenvalue weighted by molar-refractivity contribution is -0.134. The van der Waals surface area contributed by atoms with Crippen molar-refractivity contribution in [1.82, 2.24) is 4.90 Å². The first kappa shape index (κ1) is 16.9. The zero-order valence-electron chi connectivity index (χ0n) is 11.5. The normalized spacial score (nSPS) is 14.4. The Morgan fingerprint density at radius 2 is 2.06 bits per heavy atom. The number of alkyl halides is 1. The lowest BCUT2D eigenvalue weighted by Gasteiger charge is -2.25. The first-order valence-corrected chi connectivity index (χ1v) is 7.36. The van der Waals surface area contributed by atoms with Gasteiger partial charge in [-0.05, 0) is 12.8 Å². The molecule has 0 aliphatic heterocycles. The highest BCUT2D eigenvalue weighted by Gasteiger charge is 2.21. The van der Waals surface area contributed by atoms with E-state index in [4.69, 9.17) is 4.74 Å². The lowest BCUT2D eigenvalue weighted by atomic mass is 9.98. The van der Waals surface area contributed by atoms with Gasteiger partial charge in [-0.3, -0.25) is 4.79 Å². The molecule has 0 rings (SSSR count). The summed E-state index contributed by atoms with van der Waals surface area (Å²) in [6.45, 7) is 5.58. The first-order chi connectivity index (χ1) is 8.06.